The Morgan fingerprint density at radius 3 is 2.77 bits per heavy atom. The van der Waals surface area contributed by atoms with E-state index in [1.165, 1.54) is 10.7 Å². The molecule has 3 aromatic heterocycles. The van der Waals surface area contributed by atoms with Crippen LogP contribution in [0.1, 0.15) is 11.3 Å². The van der Waals surface area contributed by atoms with Crippen LogP contribution in [0.15, 0.2) is 42.6 Å². The number of nitrogens with one attached hydrogen (secondary N) is 1. The average Bonchev–Trinajstić information content (AvgIpc) is 3.02. The van der Waals surface area contributed by atoms with Gasteiger partial charge in [-0.1, -0.05) is 18.2 Å². The topological polar surface area (TPSA) is 107 Å². The van der Waals surface area contributed by atoms with E-state index in [1.807, 2.05) is 6.07 Å². The summed E-state index contributed by atoms with van der Waals surface area (Å²) in [7, 11) is 1.68. The summed E-state index contributed by atoms with van der Waals surface area (Å²) in [5.41, 5.74) is 7.53. The van der Waals surface area contributed by atoms with Gasteiger partial charge < -0.3 is 11.1 Å². The molecule has 130 valence electrons. The second-order valence-electron chi connectivity index (χ2n) is 5.57. The number of benzene rings is 1. The molecule has 0 saturated heterocycles. The third-order valence-corrected chi connectivity index (χ3v) is 3.89. The third kappa shape index (κ3) is 2.79. The monoisotopic (exact) mass is 350 g/mol. The SMILES string of the molecule is CNc1nc(N)nc(-n2nc(Cc3ccccc3F)c3cccnc32)n1. The molecule has 3 heterocycles. The number of anilines is 2. The minimum Gasteiger partial charge on any atom is -0.368 e. The van der Waals surface area contributed by atoms with Gasteiger partial charge in [-0.3, -0.25) is 0 Å². The summed E-state index contributed by atoms with van der Waals surface area (Å²) in [5.74, 6) is 0.351. The quantitative estimate of drug-likeness (QED) is 0.579. The zero-order valence-electron chi connectivity index (χ0n) is 13.9. The van der Waals surface area contributed by atoms with E-state index in [-0.39, 0.29) is 17.7 Å². The Balaban J connectivity index is 1.87. The normalized spacial score (nSPS) is 11.0. The fraction of sp³-hybridized carbons (Fsp3) is 0.118. The molecule has 0 bridgehead atoms. The second-order valence-corrected chi connectivity index (χ2v) is 5.57. The highest BCUT2D eigenvalue weighted by Gasteiger charge is 2.17. The zero-order valence-corrected chi connectivity index (χ0v) is 13.9. The van der Waals surface area contributed by atoms with E-state index in [1.54, 1.807) is 37.5 Å². The Morgan fingerprint density at radius 1 is 1.12 bits per heavy atom. The smallest absolute Gasteiger partial charge is 0.259 e. The largest absolute Gasteiger partial charge is 0.368 e. The van der Waals surface area contributed by atoms with Gasteiger partial charge in [-0.15, -0.1) is 0 Å². The minimum absolute atomic E-state index is 0.0644. The molecule has 0 atom stereocenters. The van der Waals surface area contributed by atoms with Crippen molar-refractivity contribution in [3.8, 4) is 5.95 Å². The van der Waals surface area contributed by atoms with Crippen LogP contribution in [0.25, 0.3) is 17.0 Å². The third-order valence-electron chi connectivity index (χ3n) is 3.89. The lowest BCUT2D eigenvalue weighted by Gasteiger charge is -2.04. The fourth-order valence-electron chi connectivity index (χ4n) is 2.69. The van der Waals surface area contributed by atoms with Gasteiger partial charge in [0.2, 0.25) is 11.9 Å². The maximum absolute atomic E-state index is 14.0. The van der Waals surface area contributed by atoms with Gasteiger partial charge >= 0.3 is 0 Å². The van der Waals surface area contributed by atoms with Gasteiger partial charge in [0.15, 0.2) is 5.65 Å². The van der Waals surface area contributed by atoms with Gasteiger partial charge in [0.05, 0.1) is 5.69 Å². The minimum atomic E-state index is -0.277. The van der Waals surface area contributed by atoms with Crippen LogP contribution in [-0.4, -0.2) is 36.8 Å². The van der Waals surface area contributed by atoms with Crippen molar-refractivity contribution in [3.63, 3.8) is 0 Å². The number of fused-ring (bicyclic) bond motifs is 1. The maximum Gasteiger partial charge on any atom is 0.259 e. The molecular formula is C17H15FN8. The molecule has 0 fully saturated rings. The molecule has 9 heteroatoms. The average molecular weight is 350 g/mol. The van der Waals surface area contributed by atoms with Crippen molar-refractivity contribution in [3.05, 3.63) is 59.7 Å². The number of hydrogen-bond acceptors (Lipinski definition) is 7. The second kappa shape index (κ2) is 6.36. The molecule has 0 unspecified atom stereocenters. The maximum atomic E-state index is 14.0. The van der Waals surface area contributed by atoms with Crippen LogP contribution in [0, 0.1) is 5.82 Å². The lowest BCUT2D eigenvalue weighted by atomic mass is 10.1. The number of rotatable bonds is 4. The molecule has 0 radical (unpaired) electrons. The summed E-state index contributed by atoms with van der Waals surface area (Å²) in [6.45, 7) is 0. The van der Waals surface area contributed by atoms with Crippen molar-refractivity contribution in [1.29, 1.82) is 0 Å². The molecule has 0 amide bonds. The van der Waals surface area contributed by atoms with Gasteiger partial charge in [-0.05, 0) is 23.8 Å². The van der Waals surface area contributed by atoms with Gasteiger partial charge in [0.25, 0.3) is 5.95 Å². The Labute approximate surface area is 147 Å². The lowest BCUT2D eigenvalue weighted by molar-refractivity contribution is 0.613. The molecule has 4 aromatic rings. The van der Waals surface area contributed by atoms with Crippen molar-refractivity contribution in [2.45, 2.75) is 6.42 Å². The molecule has 4 rings (SSSR count). The van der Waals surface area contributed by atoms with Gasteiger partial charge in [-0.2, -0.15) is 24.7 Å². The standard InChI is InChI=1S/C17H15FN8/c1-20-16-22-15(19)23-17(24-16)26-14-11(6-4-8-21-14)13(25-26)9-10-5-2-3-7-12(10)18/h2-8H,9H2,1H3,(H3,19,20,22,23,24). The molecule has 1 aromatic carbocycles. The van der Waals surface area contributed by atoms with Gasteiger partial charge in [0, 0.05) is 25.1 Å². The molecule has 0 aliphatic rings. The van der Waals surface area contributed by atoms with E-state index in [9.17, 15) is 4.39 Å². The van der Waals surface area contributed by atoms with Crippen molar-refractivity contribution < 1.29 is 4.39 Å². The highest BCUT2D eigenvalue weighted by atomic mass is 19.1. The van der Waals surface area contributed by atoms with Crippen molar-refractivity contribution >= 4 is 22.9 Å². The fourth-order valence-corrected chi connectivity index (χ4v) is 2.69. The number of nitrogen functional groups attached to an aromatic ring is 1. The predicted molar refractivity (Wildman–Crippen MR) is 95.4 cm³/mol. The van der Waals surface area contributed by atoms with Crippen molar-refractivity contribution in [2.75, 3.05) is 18.1 Å². The van der Waals surface area contributed by atoms with Crippen molar-refractivity contribution in [1.82, 2.24) is 29.7 Å². The number of nitrogens with two attached hydrogens (primary N) is 1. The first-order valence-electron chi connectivity index (χ1n) is 7.91. The van der Waals surface area contributed by atoms with Crippen LogP contribution in [0.3, 0.4) is 0 Å². The Kier molecular flexibility index (Phi) is 3.88. The van der Waals surface area contributed by atoms with E-state index >= 15 is 0 Å². The summed E-state index contributed by atoms with van der Waals surface area (Å²) in [6, 6.07) is 10.3. The number of hydrogen-bond donors (Lipinski definition) is 2. The van der Waals surface area contributed by atoms with Gasteiger partial charge in [0.1, 0.15) is 5.82 Å². The van der Waals surface area contributed by atoms with E-state index in [0.717, 1.165) is 5.39 Å². The Bertz CT molecular complexity index is 1090. The highest BCUT2D eigenvalue weighted by molar-refractivity contribution is 5.79. The van der Waals surface area contributed by atoms with Crippen LogP contribution in [0.2, 0.25) is 0 Å². The first kappa shape index (κ1) is 15.9. The van der Waals surface area contributed by atoms with E-state index in [2.05, 4.69) is 30.4 Å². The predicted octanol–water partition coefficient (Wildman–Crippen LogP) is 1.96. The molecule has 0 aliphatic carbocycles. The molecule has 8 nitrogen and oxygen atoms in total. The molecule has 0 spiro atoms. The first-order chi connectivity index (χ1) is 12.7. The highest BCUT2D eigenvalue weighted by Crippen LogP contribution is 2.22. The summed E-state index contributed by atoms with van der Waals surface area (Å²) >= 11 is 0. The van der Waals surface area contributed by atoms with E-state index < -0.39 is 0 Å². The van der Waals surface area contributed by atoms with Crippen LogP contribution >= 0.6 is 0 Å². The number of pyridine rings is 1. The number of aromatic nitrogens is 6. The van der Waals surface area contributed by atoms with Crippen LogP contribution in [0.5, 0.6) is 0 Å². The Morgan fingerprint density at radius 2 is 1.96 bits per heavy atom. The lowest BCUT2D eigenvalue weighted by Crippen LogP contribution is -2.10. The zero-order chi connectivity index (χ0) is 18.1. The summed E-state index contributed by atoms with van der Waals surface area (Å²) in [4.78, 5) is 16.8. The first-order valence-corrected chi connectivity index (χ1v) is 7.91. The molecule has 0 aliphatic heterocycles. The molecule has 3 N–H and O–H groups in total. The van der Waals surface area contributed by atoms with E-state index in [4.69, 9.17) is 5.73 Å². The molecule has 26 heavy (non-hydrogen) atoms. The van der Waals surface area contributed by atoms with Crippen LogP contribution < -0.4 is 11.1 Å². The van der Waals surface area contributed by atoms with Crippen LogP contribution in [-0.2, 0) is 6.42 Å². The number of nitrogens with zero attached hydrogens (tertiary/aromatic N) is 6. The van der Waals surface area contributed by atoms with E-state index in [0.29, 0.717) is 29.3 Å². The Hall–Kier alpha value is -3.62. The van der Waals surface area contributed by atoms with Crippen molar-refractivity contribution in [2.24, 2.45) is 0 Å². The summed E-state index contributed by atoms with van der Waals surface area (Å²) in [6.07, 6.45) is 1.97. The van der Waals surface area contributed by atoms with Crippen LogP contribution in [0.4, 0.5) is 16.3 Å². The van der Waals surface area contributed by atoms with Gasteiger partial charge in [-0.25, -0.2) is 9.37 Å². The summed E-state index contributed by atoms with van der Waals surface area (Å²) < 4.78 is 15.5. The molecular weight excluding hydrogens is 335 g/mol. The number of halogens is 1. The molecule has 0 saturated carbocycles. The summed E-state index contributed by atoms with van der Waals surface area (Å²) in [5, 5.41) is 8.18.